The van der Waals surface area contributed by atoms with E-state index in [-0.39, 0.29) is 16.3 Å². The zero-order chi connectivity index (χ0) is 20.5. The predicted octanol–water partition coefficient (Wildman–Crippen LogP) is 5.96. The Morgan fingerprint density at radius 3 is 2.66 bits per heavy atom. The summed E-state index contributed by atoms with van der Waals surface area (Å²) < 4.78 is 5.74. The molecule has 9 heteroatoms. The van der Waals surface area contributed by atoms with E-state index < -0.39 is 10.8 Å². The molecule has 0 saturated carbocycles. The van der Waals surface area contributed by atoms with Crippen molar-refractivity contribution in [3.05, 3.63) is 86.4 Å². The average molecular weight is 428 g/mol. The number of aromatic nitrogens is 1. The Balaban J connectivity index is 1.61. The Labute approximate surface area is 174 Å². The maximum absolute atomic E-state index is 12.5. The quantitative estimate of drug-likeness (QED) is 0.319. The van der Waals surface area contributed by atoms with Crippen LogP contribution in [-0.2, 0) is 0 Å². The second-order valence-corrected chi connectivity index (χ2v) is 6.93. The highest BCUT2D eigenvalue weighted by atomic mass is 35.5. The number of nitro benzene ring substituents is 1. The number of rotatable bonds is 4. The van der Waals surface area contributed by atoms with Gasteiger partial charge in [0.05, 0.1) is 4.92 Å². The monoisotopic (exact) mass is 427 g/mol. The number of halogens is 2. The Kier molecular flexibility index (Phi) is 4.92. The molecule has 1 amide bonds. The molecule has 0 saturated heterocycles. The SMILES string of the molecule is O=C(Nc1ccc2oc(-c3cccc(Cl)c3)nc2c1)c1ccc(Cl)c([N+](=O)[O-])c1. The van der Waals surface area contributed by atoms with Crippen molar-refractivity contribution in [3.8, 4) is 11.5 Å². The van der Waals surface area contributed by atoms with Crippen LogP contribution in [0.2, 0.25) is 10.0 Å². The number of hydrogen-bond acceptors (Lipinski definition) is 5. The Hall–Kier alpha value is -3.42. The summed E-state index contributed by atoms with van der Waals surface area (Å²) in [7, 11) is 0. The molecule has 4 rings (SSSR count). The third-order valence-electron chi connectivity index (χ3n) is 4.12. The first-order chi connectivity index (χ1) is 13.9. The fraction of sp³-hybridized carbons (Fsp3) is 0. The predicted molar refractivity (Wildman–Crippen MR) is 111 cm³/mol. The van der Waals surface area contributed by atoms with Gasteiger partial charge in [0.1, 0.15) is 10.5 Å². The number of nitrogens with one attached hydrogen (secondary N) is 1. The van der Waals surface area contributed by atoms with Crippen LogP contribution in [0.4, 0.5) is 11.4 Å². The van der Waals surface area contributed by atoms with E-state index in [0.717, 1.165) is 11.6 Å². The van der Waals surface area contributed by atoms with Crippen LogP contribution in [0.1, 0.15) is 10.4 Å². The van der Waals surface area contributed by atoms with Crippen LogP contribution < -0.4 is 5.32 Å². The molecule has 0 spiro atoms. The van der Waals surface area contributed by atoms with Gasteiger partial charge in [0, 0.05) is 27.9 Å². The maximum atomic E-state index is 12.5. The van der Waals surface area contributed by atoms with Gasteiger partial charge in [-0.15, -0.1) is 0 Å². The van der Waals surface area contributed by atoms with Crippen molar-refractivity contribution in [2.45, 2.75) is 0 Å². The third-order valence-corrected chi connectivity index (χ3v) is 4.68. The summed E-state index contributed by atoms with van der Waals surface area (Å²) in [6.45, 7) is 0. The zero-order valence-electron chi connectivity index (χ0n) is 14.6. The van der Waals surface area contributed by atoms with Gasteiger partial charge in [-0.25, -0.2) is 4.98 Å². The summed E-state index contributed by atoms with van der Waals surface area (Å²) >= 11 is 11.8. The Morgan fingerprint density at radius 1 is 1.07 bits per heavy atom. The van der Waals surface area contributed by atoms with Crippen molar-refractivity contribution >= 4 is 51.6 Å². The number of benzene rings is 3. The van der Waals surface area contributed by atoms with E-state index in [1.54, 1.807) is 36.4 Å². The number of amides is 1. The van der Waals surface area contributed by atoms with E-state index in [9.17, 15) is 14.9 Å². The normalized spacial score (nSPS) is 10.8. The smallest absolute Gasteiger partial charge is 0.288 e. The molecule has 1 heterocycles. The number of hydrogen-bond donors (Lipinski definition) is 1. The molecule has 1 N–H and O–H groups in total. The van der Waals surface area contributed by atoms with E-state index in [1.807, 2.05) is 6.07 Å². The molecular formula is C20H11Cl2N3O4. The van der Waals surface area contributed by atoms with Crippen molar-refractivity contribution in [2.75, 3.05) is 5.32 Å². The van der Waals surface area contributed by atoms with Crippen molar-refractivity contribution < 1.29 is 14.1 Å². The summed E-state index contributed by atoms with van der Waals surface area (Å²) in [6, 6.07) is 15.9. The molecule has 0 fully saturated rings. The molecule has 144 valence electrons. The molecule has 7 nitrogen and oxygen atoms in total. The first kappa shape index (κ1) is 18.9. The third kappa shape index (κ3) is 3.91. The zero-order valence-corrected chi connectivity index (χ0v) is 16.1. The van der Waals surface area contributed by atoms with Gasteiger partial charge in [0.25, 0.3) is 11.6 Å². The maximum Gasteiger partial charge on any atom is 0.288 e. The largest absolute Gasteiger partial charge is 0.436 e. The van der Waals surface area contributed by atoms with Gasteiger partial charge in [-0.05, 0) is 48.5 Å². The summed E-state index contributed by atoms with van der Waals surface area (Å²) in [4.78, 5) is 27.3. The van der Waals surface area contributed by atoms with Crippen LogP contribution in [-0.4, -0.2) is 15.8 Å². The Morgan fingerprint density at radius 2 is 1.90 bits per heavy atom. The van der Waals surface area contributed by atoms with Crippen molar-refractivity contribution in [1.29, 1.82) is 0 Å². The standard InChI is InChI=1S/C20H11Cl2N3O4/c21-13-3-1-2-12(8-13)20-24-16-10-14(5-7-18(16)29-20)23-19(26)11-4-6-15(22)17(9-11)25(27)28/h1-10H,(H,23,26). The lowest BCUT2D eigenvalue weighted by Crippen LogP contribution is -2.12. The van der Waals surface area contributed by atoms with Crippen LogP contribution in [0.25, 0.3) is 22.6 Å². The lowest BCUT2D eigenvalue weighted by Gasteiger charge is -2.05. The van der Waals surface area contributed by atoms with Crippen LogP contribution in [0.5, 0.6) is 0 Å². The summed E-state index contributed by atoms with van der Waals surface area (Å²) in [5, 5.41) is 14.2. The average Bonchev–Trinajstić information content (AvgIpc) is 3.11. The molecule has 0 aliphatic heterocycles. The Bertz CT molecular complexity index is 1270. The fourth-order valence-corrected chi connectivity index (χ4v) is 3.12. The molecule has 0 unspecified atom stereocenters. The minimum absolute atomic E-state index is 0.0379. The van der Waals surface area contributed by atoms with Crippen LogP contribution in [0, 0.1) is 10.1 Å². The summed E-state index contributed by atoms with van der Waals surface area (Å²) in [5.41, 5.74) is 2.05. The second-order valence-electron chi connectivity index (χ2n) is 6.09. The summed E-state index contributed by atoms with van der Waals surface area (Å²) in [6.07, 6.45) is 0. The number of nitrogens with zero attached hydrogens (tertiary/aromatic N) is 2. The van der Waals surface area contributed by atoms with E-state index in [2.05, 4.69) is 10.3 Å². The lowest BCUT2D eigenvalue weighted by atomic mass is 10.2. The topological polar surface area (TPSA) is 98.3 Å². The minimum Gasteiger partial charge on any atom is -0.436 e. The molecular weight excluding hydrogens is 417 g/mol. The molecule has 0 atom stereocenters. The first-order valence-electron chi connectivity index (χ1n) is 8.32. The van der Waals surface area contributed by atoms with Crippen LogP contribution in [0.15, 0.2) is 65.1 Å². The molecule has 3 aromatic carbocycles. The van der Waals surface area contributed by atoms with Gasteiger partial charge in [-0.3, -0.25) is 14.9 Å². The van der Waals surface area contributed by atoms with Crippen molar-refractivity contribution in [3.63, 3.8) is 0 Å². The highest BCUT2D eigenvalue weighted by Crippen LogP contribution is 2.29. The summed E-state index contributed by atoms with van der Waals surface area (Å²) in [5.74, 6) is -0.109. The van der Waals surface area contributed by atoms with Gasteiger partial charge in [-0.2, -0.15) is 0 Å². The van der Waals surface area contributed by atoms with E-state index >= 15 is 0 Å². The molecule has 0 radical (unpaired) electrons. The number of nitro groups is 1. The lowest BCUT2D eigenvalue weighted by molar-refractivity contribution is -0.384. The highest BCUT2D eigenvalue weighted by molar-refractivity contribution is 6.32. The second kappa shape index (κ2) is 7.54. The van der Waals surface area contributed by atoms with Gasteiger partial charge in [0.15, 0.2) is 5.58 Å². The molecule has 4 aromatic rings. The molecule has 0 aliphatic carbocycles. The van der Waals surface area contributed by atoms with E-state index in [4.69, 9.17) is 27.6 Å². The van der Waals surface area contributed by atoms with Crippen LogP contribution >= 0.6 is 23.2 Å². The van der Waals surface area contributed by atoms with Gasteiger partial charge in [0.2, 0.25) is 5.89 Å². The molecule has 0 aliphatic rings. The molecule has 0 bridgehead atoms. The number of oxazole rings is 1. The minimum atomic E-state index is -0.641. The van der Waals surface area contributed by atoms with Gasteiger partial charge in [-0.1, -0.05) is 29.3 Å². The van der Waals surface area contributed by atoms with Gasteiger partial charge >= 0.3 is 0 Å². The van der Waals surface area contributed by atoms with E-state index in [1.165, 1.54) is 12.1 Å². The molecule has 29 heavy (non-hydrogen) atoms. The highest BCUT2D eigenvalue weighted by Gasteiger charge is 2.17. The van der Waals surface area contributed by atoms with E-state index in [0.29, 0.717) is 27.7 Å². The van der Waals surface area contributed by atoms with Crippen LogP contribution in [0.3, 0.4) is 0 Å². The van der Waals surface area contributed by atoms with Gasteiger partial charge < -0.3 is 9.73 Å². The molecule has 1 aromatic heterocycles. The van der Waals surface area contributed by atoms with Crippen molar-refractivity contribution in [2.24, 2.45) is 0 Å². The van der Waals surface area contributed by atoms with Crippen molar-refractivity contribution in [1.82, 2.24) is 4.98 Å². The number of fused-ring (bicyclic) bond motifs is 1. The number of carbonyl (C=O) groups is 1. The fourth-order valence-electron chi connectivity index (χ4n) is 2.75. The number of carbonyl (C=O) groups excluding carboxylic acids is 1. The first-order valence-corrected chi connectivity index (χ1v) is 9.08. The number of anilines is 1.